The van der Waals surface area contributed by atoms with Crippen LogP contribution in [0.3, 0.4) is 0 Å². The Hall–Kier alpha value is -1.47. The van der Waals surface area contributed by atoms with Gasteiger partial charge in [0.05, 0.1) is 11.6 Å². The lowest BCUT2D eigenvalue weighted by molar-refractivity contribution is 0.231. The molecule has 1 saturated heterocycles. The minimum absolute atomic E-state index is 0.462. The fourth-order valence-corrected chi connectivity index (χ4v) is 2.86. The molecule has 1 aliphatic rings. The predicted octanol–water partition coefficient (Wildman–Crippen LogP) is 1.93. The summed E-state index contributed by atoms with van der Waals surface area (Å²) < 4.78 is 5.34. The van der Waals surface area contributed by atoms with Gasteiger partial charge < -0.3 is 4.52 Å². The van der Waals surface area contributed by atoms with Crippen LogP contribution in [0.25, 0.3) is 11.4 Å². The lowest BCUT2D eigenvalue weighted by Crippen LogP contribution is -2.33. The highest BCUT2D eigenvalue weighted by atomic mass is 35.5. The van der Waals surface area contributed by atoms with Gasteiger partial charge >= 0.3 is 0 Å². The van der Waals surface area contributed by atoms with E-state index in [1.165, 1.54) is 0 Å². The van der Waals surface area contributed by atoms with Crippen LogP contribution in [0.4, 0.5) is 0 Å². The van der Waals surface area contributed by atoms with Gasteiger partial charge in [-0.2, -0.15) is 4.98 Å². The lowest BCUT2D eigenvalue weighted by atomic mass is 10.0. The van der Waals surface area contributed by atoms with Crippen LogP contribution in [0.5, 0.6) is 0 Å². The van der Waals surface area contributed by atoms with Crippen LogP contribution in [-0.4, -0.2) is 41.2 Å². The minimum atomic E-state index is 0.462. The molecule has 2 unspecified atom stereocenters. The van der Waals surface area contributed by atoms with E-state index < -0.39 is 0 Å². The van der Waals surface area contributed by atoms with Crippen molar-refractivity contribution >= 4 is 11.6 Å². The maximum Gasteiger partial charge on any atom is 0.241 e. The molecule has 6 nitrogen and oxygen atoms in total. The molecule has 1 aromatic heterocycles. The molecule has 7 heteroatoms. The summed E-state index contributed by atoms with van der Waals surface area (Å²) in [5, 5.41) is 4.65. The van der Waals surface area contributed by atoms with E-state index in [0.717, 1.165) is 18.7 Å². The number of hydrogen-bond donors (Lipinski definition) is 2. The number of aromatic nitrogens is 2. The maximum absolute atomic E-state index is 6.16. The molecule has 1 aromatic carbocycles. The Bertz CT molecular complexity index is 632. The second-order valence-electron chi connectivity index (χ2n) is 5.76. The zero-order valence-electron chi connectivity index (χ0n) is 12.7. The van der Waals surface area contributed by atoms with Crippen LogP contribution in [0, 0.1) is 5.92 Å². The quantitative estimate of drug-likeness (QED) is 0.877. The normalized spacial score (nSPS) is 21.6. The topological polar surface area (TPSA) is 66.2 Å². The number of nitrogens with one attached hydrogen (secondary N) is 2. The number of halogens is 1. The van der Waals surface area contributed by atoms with Crippen molar-refractivity contribution in [2.75, 3.05) is 20.1 Å². The van der Waals surface area contributed by atoms with Crippen LogP contribution < -0.4 is 10.9 Å². The second-order valence-corrected chi connectivity index (χ2v) is 6.17. The first-order chi connectivity index (χ1) is 10.6. The van der Waals surface area contributed by atoms with Crippen LogP contribution in [0.1, 0.15) is 12.8 Å². The molecule has 118 valence electrons. The third-order valence-electron chi connectivity index (χ3n) is 3.94. The molecule has 0 saturated carbocycles. The van der Waals surface area contributed by atoms with E-state index in [9.17, 15) is 0 Å². The molecule has 2 heterocycles. The first-order valence-electron chi connectivity index (χ1n) is 7.38. The van der Waals surface area contributed by atoms with Crippen molar-refractivity contribution < 1.29 is 4.52 Å². The van der Waals surface area contributed by atoms with E-state index >= 15 is 0 Å². The fourth-order valence-electron chi connectivity index (χ4n) is 2.64. The van der Waals surface area contributed by atoms with E-state index in [-0.39, 0.29) is 0 Å². The summed E-state index contributed by atoms with van der Waals surface area (Å²) in [6, 6.07) is 7.96. The number of hydrazine groups is 1. The molecule has 2 N–H and O–H groups in total. The SMILES string of the molecule is CC1NNCC1CN(C)Cc1nc(-c2ccccc2Cl)no1. The Balaban J connectivity index is 1.63. The van der Waals surface area contributed by atoms with Crippen molar-refractivity contribution in [2.24, 2.45) is 5.92 Å². The van der Waals surface area contributed by atoms with Crippen molar-refractivity contribution in [3.05, 3.63) is 35.2 Å². The lowest BCUT2D eigenvalue weighted by Gasteiger charge is -2.20. The van der Waals surface area contributed by atoms with Crippen LogP contribution in [0.2, 0.25) is 5.02 Å². The molecule has 0 radical (unpaired) electrons. The molecule has 2 atom stereocenters. The van der Waals surface area contributed by atoms with Crippen molar-refractivity contribution in [1.29, 1.82) is 0 Å². The highest BCUT2D eigenvalue weighted by Gasteiger charge is 2.24. The van der Waals surface area contributed by atoms with E-state index in [1.54, 1.807) is 0 Å². The average Bonchev–Trinajstić information content (AvgIpc) is 3.10. The second kappa shape index (κ2) is 6.75. The molecule has 3 rings (SSSR count). The molecule has 1 fully saturated rings. The summed E-state index contributed by atoms with van der Waals surface area (Å²) in [6.07, 6.45) is 0. The van der Waals surface area contributed by atoms with Gasteiger partial charge in [-0.25, -0.2) is 0 Å². The summed E-state index contributed by atoms with van der Waals surface area (Å²) in [4.78, 5) is 6.63. The van der Waals surface area contributed by atoms with E-state index in [2.05, 4.69) is 39.9 Å². The number of hydrogen-bond acceptors (Lipinski definition) is 6. The van der Waals surface area contributed by atoms with Crippen molar-refractivity contribution in [3.8, 4) is 11.4 Å². The van der Waals surface area contributed by atoms with Crippen LogP contribution in [-0.2, 0) is 6.54 Å². The molecule has 0 amide bonds. The standard InChI is InChI=1S/C15H20ClN5O/c1-10-11(7-17-19-10)8-21(2)9-14-18-15(20-22-14)12-5-3-4-6-13(12)16/h3-6,10-11,17,19H,7-9H2,1-2H3. The van der Waals surface area contributed by atoms with Crippen LogP contribution >= 0.6 is 11.6 Å². The van der Waals surface area contributed by atoms with E-state index in [0.29, 0.717) is 35.2 Å². The fraction of sp³-hybridized carbons (Fsp3) is 0.467. The summed E-state index contributed by atoms with van der Waals surface area (Å²) in [5.41, 5.74) is 7.20. The molecule has 2 aromatic rings. The van der Waals surface area contributed by atoms with Gasteiger partial charge in [-0.3, -0.25) is 15.8 Å². The van der Waals surface area contributed by atoms with Gasteiger partial charge in [0.25, 0.3) is 0 Å². The maximum atomic E-state index is 6.16. The third kappa shape index (κ3) is 3.47. The Morgan fingerprint density at radius 2 is 2.23 bits per heavy atom. The van der Waals surface area contributed by atoms with E-state index in [1.807, 2.05) is 24.3 Å². The highest BCUT2D eigenvalue weighted by Crippen LogP contribution is 2.25. The first kappa shape index (κ1) is 15.4. The molecular weight excluding hydrogens is 302 g/mol. The Morgan fingerprint density at radius 1 is 1.41 bits per heavy atom. The van der Waals surface area contributed by atoms with Gasteiger partial charge in [-0.1, -0.05) is 28.9 Å². The largest absolute Gasteiger partial charge is 0.338 e. The van der Waals surface area contributed by atoms with Gasteiger partial charge in [0, 0.05) is 30.6 Å². The van der Waals surface area contributed by atoms with Crippen molar-refractivity contribution in [3.63, 3.8) is 0 Å². The zero-order chi connectivity index (χ0) is 15.5. The Kier molecular flexibility index (Phi) is 4.73. The van der Waals surface area contributed by atoms with E-state index in [4.69, 9.17) is 16.1 Å². The number of rotatable bonds is 5. The molecule has 1 aliphatic heterocycles. The highest BCUT2D eigenvalue weighted by molar-refractivity contribution is 6.33. The minimum Gasteiger partial charge on any atom is -0.338 e. The Labute approximate surface area is 134 Å². The number of nitrogens with zero attached hydrogens (tertiary/aromatic N) is 3. The summed E-state index contributed by atoms with van der Waals surface area (Å²) >= 11 is 6.16. The summed E-state index contributed by atoms with van der Waals surface area (Å²) in [7, 11) is 2.06. The molecule has 22 heavy (non-hydrogen) atoms. The Morgan fingerprint density at radius 3 is 2.95 bits per heavy atom. The van der Waals surface area contributed by atoms with Gasteiger partial charge in [0.15, 0.2) is 0 Å². The zero-order valence-corrected chi connectivity index (χ0v) is 13.5. The molecule has 0 bridgehead atoms. The van der Waals surface area contributed by atoms with Gasteiger partial charge in [-0.15, -0.1) is 0 Å². The van der Waals surface area contributed by atoms with Crippen molar-refractivity contribution in [1.82, 2.24) is 25.9 Å². The van der Waals surface area contributed by atoms with Crippen molar-refractivity contribution in [2.45, 2.75) is 19.5 Å². The molecule has 0 aliphatic carbocycles. The molecule has 0 spiro atoms. The monoisotopic (exact) mass is 321 g/mol. The predicted molar refractivity (Wildman–Crippen MR) is 85.2 cm³/mol. The van der Waals surface area contributed by atoms with Gasteiger partial charge in [0.1, 0.15) is 0 Å². The summed E-state index contributed by atoms with van der Waals surface area (Å²) in [5.74, 6) is 1.70. The summed E-state index contributed by atoms with van der Waals surface area (Å²) in [6.45, 7) is 4.74. The van der Waals surface area contributed by atoms with Crippen LogP contribution in [0.15, 0.2) is 28.8 Å². The third-order valence-corrected chi connectivity index (χ3v) is 4.26. The number of benzene rings is 1. The molecular formula is C15H20ClN5O. The van der Waals surface area contributed by atoms with Gasteiger partial charge in [0.2, 0.25) is 11.7 Å². The smallest absolute Gasteiger partial charge is 0.241 e. The average molecular weight is 322 g/mol. The first-order valence-corrected chi connectivity index (χ1v) is 7.75. The van der Waals surface area contributed by atoms with Gasteiger partial charge in [-0.05, 0) is 26.1 Å².